The van der Waals surface area contributed by atoms with Gasteiger partial charge in [-0.15, -0.1) is 0 Å². The van der Waals surface area contributed by atoms with E-state index in [2.05, 4.69) is 21.0 Å². The van der Waals surface area contributed by atoms with Crippen LogP contribution < -0.4 is 5.69 Å². The molecule has 2 rings (SSSR count). The van der Waals surface area contributed by atoms with Crippen LogP contribution in [0.15, 0.2) is 35.4 Å². The first-order valence-corrected chi connectivity index (χ1v) is 6.12. The third-order valence-electron chi connectivity index (χ3n) is 2.34. The van der Waals surface area contributed by atoms with E-state index in [0.717, 1.165) is 11.0 Å². The zero-order chi connectivity index (χ0) is 11.5. The molecule has 1 heterocycles. The van der Waals surface area contributed by atoms with Gasteiger partial charge in [0.25, 0.3) is 0 Å². The fraction of sp³-hybridized carbons (Fsp3) is 0.273. The molecule has 0 fully saturated rings. The van der Waals surface area contributed by atoms with Gasteiger partial charge in [0.15, 0.2) is 0 Å². The van der Waals surface area contributed by atoms with Crippen LogP contribution in [0.3, 0.4) is 0 Å². The summed E-state index contributed by atoms with van der Waals surface area (Å²) in [4.78, 5) is 11.9. The lowest BCUT2D eigenvalue weighted by atomic mass is 10.2. The molecule has 0 saturated carbocycles. The van der Waals surface area contributed by atoms with E-state index in [4.69, 9.17) is 0 Å². The number of aryl methyl sites for hydroxylation is 2. The smallest absolute Gasteiger partial charge is 0.250 e. The van der Waals surface area contributed by atoms with Crippen LogP contribution >= 0.6 is 15.9 Å². The van der Waals surface area contributed by atoms with Crippen LogP contribution in [0.1, 0.15) is 5.56 Å². The van der Waals surface area contributed by atoms with E-state index in [-0.39, 0.29) is 5.69 Å². The summed E-state index contributed by atoms with van der Waals surface area (Å²) in [6.07, 6.45) is 1.55. The van der Waals surface area contributed by atoms with Crippen molar-refractivity contribution in [3.63, 3.8) is 0 Å². The molecule has 16 heavy (non-hydrogen) atoms. The van der Waals surface area contributed by atoms with Crippen molar-refractivity contribution >= 4 is 15.9 Å². The quantitative estimate of drug-likeness (QED) is 0.804. The second-order valence-electron chi connectivity index (χ2n) is 3.53. The lowest BCUT2D eigenvalue weighted by Gasteiger charge is -2.00. The molecule has 0 saturated heterocycles. The fourth-order valence-electron chi connectivity index (χ4n) is 1.45. The maximum absolute atomic E-state index is 11.9. The number of rotatable bonds is 3. The number of hydrogen-bond donors (Lipinski definition) is 0. The lowest BCUT2D eigenvalue weighted by molar-refractivity contribution is 0.637. The summed E-state index contributed by atoms with van der Waals surface area (Å²) >= 11 is 3.29. The predicted molar refractivity (Wildman–Crippen MR) is 66.4 cm³/mol. The van der Waals surface area contributed by atoms with Gasteiger partial charge in [0.1, 0.15) is 6.33 Å². The Bertz CT molecular complexity index is 527. The molecule has 0 radical (unpaired) electrons. The third kappa shape index (κ3) is 2.09. The highest BCUT2D eigenvalue weighted by Gasteiger charge is 2.05. The van der Waals surface area contributed by atoms with Gasteiger partial charge in [-0.25, -0.2) is 14.0 Å². The van der Waals surface area contributed by atoms with Crippen molar-refractivity contribution in [3.8, 4) is 5.69 Å². The SMILES string of the molecule is Cc1ccc(-n2cnn(CCBr)c2=O)cc1. The normalized spacial score (nSPS) is 10.6. The topological polar surface area (TPSA) is 39.8 Å². The molecular weight excluding hydrogens is 270 g/mol. The molecule has 0 aliphatic rings. The molecule has 84 valence electrons. The first kappa shape index (κ1) is 11.1. The van der Waals surface area contributed by atoms with Crippen LogP contribution in [0.2, 0.25) is 0 Å². The minimum Gasteiger partial charge on any atom is -0.250 e. The second-order valence-corrected chi connectivity index (χ2v) is 4.32. The minimum atomic E-state index is -0.108. The largest absolute Gasteiger partial charge is 0.350 e. The predicted octanol–water partition coefficient (Wildman–Crippen LogP) is 1.74. The van der Waals surface area contributed by atoms with E-state index >= 15 is 0 Å². The van der Waals surface area contributed by atoms with Gasteiger partial charge in [-0.1, -0.05) is 33.6 Å². The highest BCUT2D eigenvalue weighted by Crippen LogP contribution is 2.06. The molecule has 0 bridgehead atoms. The van der Waals surface area contributed by atoms with E-state index in [1.165, 1.54) is 10.2 Å². The van der Waals surface area contributed by atoms with Gasteiger partial charge in [0.05, 0.1) is 12.2 Å². The monoisotopic (exact) mass is 281 g/mol. The summed E-state index contributed by atoms with van der Waals surface area (Å²) < 4.78 is 2.98. The molecule has 0 N–H and O–H groups in total. The molecule has 1 aromatic carbocycles. The molecule has 0 unspecified atom stereocenters. The summed E-state index contributed by atoms with van der Waals surface area (Å²) in [5.74, 6) is 0. The molecule has 0 spiro atoms. The molecule has 2 aromatic rings. The Hall–Kier alpha value is -1.36. The Morgan fingerprint density at radius 3 is 2.62 bits per heavy atom. The van der Waals surface area contributed by atoms with Gasteiger partial charge >= 0.3 is 5.69 Å². The van der Waals surface area contributed by atoms with Crippen LogP contribution in [0.5, 0.6) is 0 Å². The van der Waals surface area contributed by atoms with Crippen molar-refractivity contribution in [1.82, 2.24) is 14.3 Å². The Morgan fingerprint density at radius 2 is 2.00 bits per heavy atom. The zero-order valence-corrected chi connectivity index (χ0v) is 10.5. The average molecular weight is 282 g/mol. The molecule has 0 atom stereocenters. The van der Waals surface area contributed by atoms with E-state index in [9.17, 15) is 4.79 Å². The number of halogens is 1. The lowest BCUT2D eigenvalue weighted by Crippen LogP contribution is -2.24. The first-order chi connectivity index (χ1) is 7.72. The third-order valence-corrected chi connectivity index (χ3v) is 2.70. The standard InChI is InChI=1S/C11H12BrN3O/c1-9-2-4-10(5-3-9)14-8-13-15(7-6-12)11(14)16/h2-5,8H,6-7H2,1H3. The highest BCUT2D eigenvalue weighted by atomic mass is 79.9. The Kier molecular flexibility index (Phi) is 3.24. The maximum atomic E-state index is 11.9. The van der Waals surface area contributed by atoms with Gasteiger partial charge in [-0.2, -0.15) is 5.10 Å². The van der Waals surface area contributed by atoms with Crippen molar-refractivity contribution in [2.45, 2.75) is 13.5 Å². The van der Waals surface area contributed by atoms with Crippen molar-refractivity contribution in [3.05, 3.63) is 46.6 Å². The number of hydrogen-bond acceptors (Lipinski definition) is 2. The second kappa shape index (κ2) is 4.65. The molecule has 4 nitrogen and oxygen atoms in total. The summed E-state index contributed by atoms with van der Waals surface area (Å²) in [7, 11) is 0. The van der Waals surface area contributed by atoms with Crippen LogP contribution in [0, 0.1) is 6.92 Å². The Labute approximate surface area is 102 Å². The number of aromatic nitrogens is 3. The highest BCUT2D eigenvalue weighted by molar-refractivity contribution is 9.09. The van der Waals surface area contributed by atoms with Crippen LogP contribution in [0.4, 0.5) is 0 Å². The molecule has 5 heteroatoms. The zero-order valence-electron chi connectivity index (χ0n) is 8.93. The Morgan fingerprint density at radius 1 is 1.31 bits per heavy atom. The van der Waals surface area contributed by atoms with Crippen molar-refractivity contribution < 1.29 is 0 Å². The average Bonchev–Trinajstić information content (AvgIpc) is 2.63. The van der Waals surface area contributed by atoms with Gasteiger partial charge in [0.2, 0.25) is 0 Å². The van der Waals surface area contributed by atoms with E-state index in [1.807, 2.05) is 31.2 Å². The van der Waals surface area contributed by atoms with Crippen LogP contribution in [-0.4, -0.2) is 19.7 Å². The minimum absolute atomic E-state index is 0.108. The van der Waals surface area contributed by atoms with Gasteiger partial charge in [-0.05, 0) is 19.1 Å². The number of nitrogens with zero attached hydrogens (tertiary/aromatic N) is 3. The van der Waals surface area contributed by atoms with E-state index in [0.29, 0.717) is 6.54 Å². The van der Waals surface area contributed by atoms with Gasteiger partial charge in [0, 0.05) is 5.33 Å². The molecule has 0 amide bonds. The van der Waals surface area contributed by atoms with Gasteiger partial charge < -0.3 is 0 Å². The summed E-state index contributed by atoms with van der Waals surface area (Å²) in [6, 6.07) is 7.78. The van der Waals surface area contributed by atoms with Crippen LogP contribution in [-0.2, 0) is 6.54 Å². The fourth-order valence-corrected chi connectivity index (χ4v) is 1.79. The molecule has 0 aliphatic heterocycles. The summed E-state index contributed by atoms with van der Waals surface area (Å²) in [5.41, 5.74) is 1.91. The Balaban J connectivity index is 2.41. The van der Waals surface area contributed by atoms with Gasteiger partial charge in [-0.3, -0.25) is 0 Å². The molecule has 1 aromatic heterocycles. The van der Waals surface area contributed by atoms with Crippen molar-refractivity contribution in [2.75, 3.05) is 5.33 Å². The van der Waals surface area contributed by atoms with Crippen molar-refractivity contribution in [1.29, 1.82) is 0 Å². The maximum Gasteiger partial charge on any atom is 0.350 e. The van der Waals surface area contributed by atoms with E-state index in [1.54, 1.807) is 10.9 Å². The summed E-state index contributed by atoms with van der Waals surface area (Å²) in [6.45, 7) is 2.60. The van der Waals surface area contributed by atoms with Crippen molar-refractivity contribution in [2.24, 2.45) is 0 Å². The number of benzene rings is 1. The molecule has 0 aliphatic carbocycles. The summed E-state index contributed by atoms with van der Waals surface area (Å²) in [5, 5.41) is 4.76. The van der Waals surface area contributed by atoms with E-state index < -0.39 is 0 Å². The molecular formula is C11H12BrN3O. The van der Waals surface area contributed by atoms with Crippen LogP contribution in [0.25, 0.3) is 5.69 Å². The number of alkyl halides is 1. The first-order valence-electron chi connectivity index (χ1n) is 5.00.